The van der Waals surface area contributed by atoms with Crippen molar-refractivity contribution < 1.29 is 8.78 Å². The molecule has 142 valence electrons. The maximum atomic E-state index is 13.9. The van der Waals surface area contributed by atoms with Crippen molar-refractivity contribution >= 4 is 40.1 Å². The highest BCUT2D eigenvalue weighted by atomic mass is 35.5. The molecule has 1 N–H and O–H groups in total. The molecule has 0 unspecified atom stereocenters. The van der Waals surface area contributed by atoms with Gasteiger partial charge in [-0.2, -0.15) is 0 Å². The van der Waals surface area contributed by atoms with Crippen LogP contribution < -0.4 is 10.9 Å². The standard InChI is InChI=1S/C20H13Cl2F2N3O/c1-11-18-10-13(25-17-6-5-12(23)9-16(17)24)7-8-26(18)27(20(11)28)19-14(21)3-2-4-15(19)22/h2-10,25H,1H3. The minimum absolute atomic E-state index is 0.124. The number of aryl methyl sites for hydroxylation is 1. The molecule has 4 rings (SSSR count). The second-order valence-electron chi connectivity index (χ2n) is 6.21. The van der Waals surface area contributed by atoms with Crippen LogP contribution in [0, 0.1) is 18.6 Å². The SMILES string of the molecule is Cc1c(=O)n(-c2c(Cl)cccc2Cl)n2ccc(Nc3ccc(F)cc3F)cc12. The predicted octanol–water partition coefficient (Wildman–Crippen LogP) is 5.73. The molecular formula is C20H13Cl2F2N3O. The number of nitrogens with one attached hydrogen (secondary N) is 1. The molecule has 0 saturated heterocycles. The Balaban J connectivity index is 1.86. The van der Waals surface area contributed by atoms with Crippen LogP contribution in [-0.4, -0.2) is 9.20 Å². The van der Waals surface area contributed by atoms with Crippen molar-refractivity contribution in [1.82, 2.24) is 9.20 Å². The van der Waals surface area contributed by atoms with Gasteiger partial charge in [-0.15, -0.1) is 0 Å². The summed E-state index contributed by atoms with van der Waals surface area (Å²) in [6, 6.07) is 11.6. The summed E-state index contributed by atoms with van der Waals surface area (Å²) >= 11 is 12.5. The fraction of sp³-hybridized carbons (Fsp3) is 0.0500. The van der Waals surface area contributed by atoms with Crippen LogP contribution in [0.15, 0.2) is 59.5 Å². The highest BCUT2D eigenvalue weighted by Gasteiger charge is 2.17. The van der Waals surface area contributed by atoms with E-state index in [1.807, 2.05) is 0 Å². The molecule has 28 heavy (non-hydrogen) atoms. The van der Waals surface area contributed by atoms with Gasteiger partial charge in [0.2, 0.25) is 0 Å². The van der Waals surface area contributed by atoms with Gasteiger partial charge in [-0.1, -0.05) is 29.3 Å². The Kier molecular flexibility index (Phi) is 4.61. The van der Waals surface area contributed by atoms with E-state index in [0.717, 1.165) is 12.1 Å². The van der Waals surface area contributed by atoms with E-state index < -0.39 is 11.6 Å². The van der Waals surface area contributed by atoms with Crippen molar-refractivity contribution in [2.75, 3.05) is 5.32 Å². The Hall–Kier alpha value is -2.83. The van der Waals surface area contributed by atoms with Crippen molar-refractivity contribution in [3.8, 4) is 5.69 Å². The smallest absolute Gasteiger partial charge is 0.275 e. The first-order valence-electron chi connectivity index (χ1n) is 8.27. The molecule has 0 aliphatic carbocycles. The number of nitrogens with zero attached hydrogens (tertiary/aromatic N) is 2. The topological polar surface area (TPSA) is 38.4 Å². The highest BCUT2D eigenvalue weighted by molar-refractivity contribution is 6.37. The molecule has 0 spiro atoms. The molecule has 0 saturated carbocycles. The van der Waals surface area contributed by atoms with Gasteiger partial charge in [-0.05, 0) is 43.3 Å². The average molecular weight is 420 g/mol. The zero-order chi connectivity index (χ0) is 20.0. The number of anilines is 2. The first-order chi connectivity index (χ1) is 13.4. The molecule has 4 nitrogen and oxygen atoms in total. The highest BCUT2D eigenvalue weighted by Crippen LogP contribution is 2.29. The fourth-order valence-electron chi connectivity index (χ4n) is 3.04. The van der Waals surface area contributed by atoms with Crippen LogP contribution in [0.2, 0.25) is 10.0 Å². The summed E-state index contributed by atoms with van der Waals surface area (Å²) in [5.41, 5.74) is 1.83. The Morgan fingerprint density at radius 3 is 2.39 bits per heavy atom. The number of para-hydroxylation sites is 1. The summed E-state index contributed by atoms with van der Waals surface area (Å²) in [6.45, 7) is 1.68. The van der Waals surface area contributed by atoms with Crippen LogP contribution in [0.1, 0.15) is 5.56 Å². The van der Waals surface area contributed by atoms with Gasteiger partial charge in [0.05, 0.1) is 21.2 Å². The van der Waals surface area contributed by atoms with Crippen LogP contribution in [-0.2, 0) is 0 Å². The van der Waals surface area contributed by atoms with E-state index in [9.17, 15) is 13.6 Å². The zero-order valence-electron chi connectivity index (χ0n) is 14.5. The summed E-state index contributed by atoms with van der Waals surface area (Å²) in [7, 11) is 0. The van der Waals surface area contributed by atoms with Crippen molar-refractivity contribution in [3.05, 3.63) is 92.3 Å². The minimum Gasteiger partial charge on any atom is -0.353 e. The van der Waals surface area contributed by atoms with Gasteiger partial charge in [-0.25, -0.2) is 13.5 Å². The van der Waals surface area contributed by atoms with Crippen LogP contribution >= 0.6 is 23.2 Å². The monoisotopic (exact) mass is 419 g/mol. The Morgan fingerprint density at radius 2 is 1.71 bits per heavy atom. The number of fused-ring (bicyclic) bond motifs is 1. The minimum atomic E-state index is -0.714. The molecule has 2 aromatic carbocycles. The first kappa shape index (κ1) is 18.5. The van der Waals surface area contributed by atoms with Gasteiger partial charge in [0.15, 0.2) is 0 Å². The van der Waals surface area contributed by atoms with Gasteiger partial charge in [0, 0.05) is 23.5 Å². The molecule has 0 aliphatic heterocycles. The Labute approximate surface area is 168 Å². The molecule has 8 heteroatoms. The largest absolute Gasteiger partial charge is 0.353 e. The van der Waals surface area contributed by atoms with E-state index in [1.54, 1.807) is 48.0 Å². The van der Waals surface area contributed by atoms with E-state index in [4.69, 9.17) is 23.2 Å². The summed E-state index contributed by atoms with van der Waals surface area (Å²) < 4.78 is 30.0. The number of benzene rings is 2. The Morgan fingerprint density at radius 1 is 1.00 bits per heavy atom. The molecule has 0 fully saturated rings. The van der Waals surface area contributed by atoms with E-state index in [-0.39, 0.29) is 11.2 Å². The van der Waals surface area contributed by atoms with Crippen LogP contribution in [0.5, 0.6) is 0 Å². The number of pyridine rings is 1. The molecule has 0 radical (unpaired) electrons. The van der Waals surface area contributed by atoms with Gasteiger partial charge >= 0.3 is 0 Å². The van der Waals surface area contributed by atoms with Crippen molar-refractivity contribution in [3.63, 3.8) is 0 Å². The van der Waals surface area contributed by atoms with Gasteiger partial charge in [0.1, 0.15) is 17.3 Å². The van der Waals surface area contributed by atoms with Crippen LogP contribution in [0.4, 0.5) is 20.2 Å². The summed E-state index contributed by atoms with van der Waals surface area (Å²) in [5.74, 6) is -1.37. The maximum absolute atomic E-state index is 13.9. The number of hydrogen-bond donors (Lipinski definition) is 1. The van der Waals surface area contributed by atoms with E-state index in [0.29, 0.717) is 32.5 Å². The predicted molar refractivity (Wildman–Crippen MR) is 107 cm³/mol. The maximum Gasteiger partial charge on any atom is 0.275 e. The molecular weight excluding hydrogens is 407 g/mol. The zero-order valence-corrected chi connectivity index (χ0v) is 16.0. The molecule has 0 aliphatic rings. The Bertz CT molecular complexity index is 1260. The molecule has 2 heterocycles. The van der Waals surface area contributed by atoms with Gasteiger partial charge in [-0.3, -0.25) is 9.31 Å². The second kappa shape index (κ2) is 6.96. The molecule has 4 aromatic rings. The lowest BCUT2D eigenvalue weighted by atomic mass is 10.2. The van der Waals surface area contributed by atoms with Gasteiger partial charge < -0.3 is 5.32 Å². The normalized spacial score (nSPS) is 11.2. The van der Waals surface area contributed by atoms with E-state index >= 15 is 0 Å². The molecule has 0 atom stereocenters. The summed E-state index contributed by atoms with van der Waals surface area (Å²) in [5, 5.41) is 3.57. The quantitative estimate of drug-likeness (QED) is 0.460. The van der Waals surface area contributed by atoms with E-state index in [1.165, 1.54) is 10.7 Å². The summed E-state index contributed by atoms with van der Waals surface area (Å²) in [6.07, 6.45) is 1.65. The first-order valence-corrected chi connectivity index (χ1v) is 9.03. The molecule has 0 bridgehead atoms. The number of rotatable bonds is 3. The average Bonchev–Trinajstić information content (AvgIpc) is 2.89. The van der Waals surface area contributed by atoms with Crippen molar-refractivity contribution in [2.24, 2.45) is 0 Å². The lowest BCUT2D eigenvalue weighted by molar-refractivity contribution is 0.586. The number of halogens is 4. The summed E-state index contributed by atoms with van der Waals surface area (Å²) in [4.78, 5) is 12.9. The lowest BCUT2D eigenvalue weighted by Gasteiger charge is -2.12. The van der Waals surface area contributed by atoms with Crippen molar-refractivity contribution in [2.45, 2.75) is 6.92 Å². The number of aromatic nitrogens is 2. The third-order valence-electron chi connectivity index (χ3n) is 4.41. The number of hydrogen-bond acceptors (Lipinski definition) is 2. The van der Waals surface area contributed by atoms with Gasteiger partial charge in [0.25, 0.3) is 5.56 Å². The third kappa shape index (κ3) is 3.04. The molecule has 0 amide bonds. The van der Waals surface area contributed by atoms with Crippen molar-refractivity contribution in [1.29, 1.82) is 0 Å². The van der Waals surface area contributed by atoms with Crippen LogP contribution in [0.3, 0.4) is 0 Å². The molecule has 2 aromatic heterocycles. The fourth-order valence-corrected chi connectivity index (χ4v) is 3.60. The van der Waals surface area contributed by atoms with Crippen LogP contribution in [0.25, 0.3) is 11.2 Å². The third-order valence-corrected chi connectivity index (χ3v) is 5.02. The second-order valence-corrected chi connectivity index (χ2v) is 7.02. The van der Waals surface area contributed by atoms with E-state index in [2.05, 4.69) is 5.32 Å². The lowest BCUT2D eigenvalue weighted by Crippen LogP contribution is -2.19.